The molecule has 0 aliphatic heterocycles. The molecule has 0 saturated carbocycles. The normalized spacial score (nSPS) is 13.1. The van der Waals surface area contributed by atoms with Gasteiger partial charge in [-0.15, -0.1) is 5.10 Å². The molecular formula is C20H23N5O3. The SMILES string of the molecule is Cc1nnnn1[C@H](Cc1ccccc1)C(=O)N[C@@H](C)Cc1ccc(O)c(O)c1. The zero-order valence-electron chi connectivity index (χ0n) is 15.8. The number of carbonyl (C=O) groups is 1. The number of nitrogens with one attached hydrogen (secondary N) is 1. The summed E-state index contributed by atoms with van der Waals surface area (Å²) in [5.74, 6) is 0.0294. The van der Waals surface area contributed by atoms with Gasteiger partial charge in [0.2, 0.25) is 5.91 Å². The van der Waals surface area contributed by atoms with Gasteiger partial charge in [-0.3, -0.25) is 4.79 Å². The first kappa shape index (κ1) is 19.3. The number of benzene rings is 2. The molecule has 0 saturated heterocycles. The van der Waals surface area contributed by atoms with Gasteiger partial charge in [-0.25, -0.2) is 4.68 Å². The molecular weight excluding hydrogens is 358 g/mol. The van der Waals surface area contributed by atoms with E-state index in [4.69, 9.17) is 0 Å². The number of tetrazole rings is 1. The lowest BCUT2D eigenvalue weighted by molar-refractivity contribution is -0.125. The van der Waals surface area contributed by atoms with Crippen LogP contribution in [0, 0.1) is 6.92 Å². The van der Waals surface area contributed by atoms with Crippen molar-refractivity contribution >= 4 is 5.91 Å². The minimum atomic E-state index is -0.576. The van der Waals surface area contributed by atoms with Gasteiger partial charge in [-0.2, -0.15) is 0 Å². The third-order valence-electron chi connectivity index (χ3n) is 4.50. The van der Waals surface area contributed by atoms with E-state index >= 15 is 0 Å². The Hall–Kier alpha value is -3.42. The molecule has 0 spiro atoms. The van der Waals surface area contributed by atoms with Gasteiger partial charge in [-0.1, -0.05) is 36.4 Å². The van der Waals surface area contributed by atoms with Crippen molar-refractivity contribution in [3.8, 4) is 11.5 Å². The Bertz CT molecular complexity index is 942. The maximum absolute atomic E-state index is 13.0. The molecule has 0 radical (unpaired) electrons. The van der Waals surface area contributed by atoms with Crippen molar-refractivity contribution in [2.24, 2.45) is 0 Å². The van der Waals surface area contributed by atoms with Gasteiger partial charge in [0.15, 0.2) is 11.5 Å². The summed E-state index contributed by atoms with van der Waals surface area (Å²) < 4.78 is 1.53. The molecule has 0 bridgehead atoms. The predicted molar refractivity (Wildman–Crippen MR) is 103 cm³/mol. The fourth-order valence-electron chi connectivity index (χ4n) is 3.09. The molecule has 0 aliphatic rings. The average Bonchev–Trinajstić information content (AvgIpc) is 3.09. The van der Waals surface area contributed by atoms with Gasteiger partial charge in [0.05, 0.1) is 0 Å². The summed E-state index contributed by atoms with van der Waals surface area (Å²) in [5.41, 5.74) is 1.81. The van der Waals surface area contributed by atoms with Crippen LogP contribution in [0.3, 0.4) is 0 Å². The van der Waals surface area contributed by atoms with Crippen LogP contribution >= 0.6 is 0 Å². The first-order valence-electron chi connectivity index (χ1n) is 9.03. The van der Waals surface area contributed by atoms with E-state index in [0.29, 0.717) is 18.7 Å². The molecule has 0 unspecified atom stereocenters. The molecule has 1 amide bonds. The van der Waals surface area contributed by atoms with Crippen molar-refractivity contribution in [2.45, 2.75) is 38.8 Å². The maximum Gasteiger partial charge on any atom is 0.245 e. The number of aromatic nitrogens is 4. The van der Waals surface area contributed by atoms with Gasteiger partial charge in [-0.05, 0) is 54.0 Å². The lowest BCUT2D eigenvalue weighted by atomic mass is 10.0. The fourth-order valence-corrected chi connectivity index (χ4v) is 3.09. The smallest absolute Gasteiger partial charge is 0.245 e. The lowest BCUT2D eigenvalue weighted by Gasteiger charge is -2.21. The summed E-state index contributed by atoms with van der Waals surface area (Å²) in [6, 6.07) is 13.6. The number of hydrogen-bond acceptors (Lipinski definition) is 6. The third-order valence-corrected chi connectivity index (χ3v) is 4.50. The first-order chi connectivity index (χ1) is 13.4. The van der Waals surface area contributed by atoms with Gasteiger partial charge >= 0.3 is 0 Å². The van der Waals surface area contributed by atoms with Crippen LogP contribution in [0.25, 0.3) is 0 Å². The van der Waals surface area contributed by atoms with Crippen LogP contribution in [0.4, 0.5) is 0 Å². The largest absolute Gasteiger partial charge is 0.504 e. The van der Waals surface area contributed by atoms with Gasteiger partial charge < -0.3 is 15.5 Å². The molecule has 0 fully saturated rings. The lowest BCUT2D eigenvalue weighted by Crippen LogP contribution is -2.40. The second-order valence-corrected chi connectivity index (χ2v) is 6.81. The molecule has 1 aromatic heterocycles. The van der Waals surface area contributed by atoms with Crippen LogP contribution in [-0.2, 0) is 17.6 Å². The second kappa shape index (κ2) is 8.51. The minimum absolute atomic E-state index is 0.169. The second-order valence-electron chi connectivity index (χ2n) is 6.81. The summed E-state index contributed by atoms with van der Waals surface area (Å²) >= 11 is 0. The van der Waals surface area contributed by atoms with Crippen molar-refractivity contribution in [3.05, 3.63) is 65.5 Å². The average molecular weight is 381 g/mol. The van der Waals surface area contributed by atoms with E-state index in [0.717, 1.165) is 11.1 Å². The third kappa shape index (κ3) is 4.64. The van der Waals surface area contributed by atoms with Gasteiger partial charge in [0, 0.05) is 12.5 Å². The van der Waals surface area contributed by atoms with Crippen LogP contribution in [0.2, 0.25) is 0 Å². The molecule has 3 rings (SSSR count). The van der Waals surface area contributed by atoms with Crippen LogP contribution in [0.1, 0.15) is 29.9 Å². The van der Waals surface area contributed by atoms with Gasteiger partial charge in [0.25, 0.3) is 0 Å². The number of amides is 1. The zero-order valence-corrected chi connectivity index (χ0v) is 15.8. The highest BCUT2D eigenvalue weighted by Crippen LogP contribution is 2.25. The first-order valence-corrected chi connectivity index (χ1v) is 9.03. The highest BCUT2D eigenvalue weighted by atomic mass is 16.3. The standard InChI is InChI=1S/C20H23N5O3/c1-13(10-16-8-9-18(26)19(27)12-16)21-20(28)17(25-14(2)22-23-24-25)11-15-6-4-3-5-7-15/h3-9,12-13,17,26-27H,10-11H2,1-2H3,(H,21,28)/t13-,17+/m0/s1. The van der Waals surface area contributed by atoms with E-state index < -0.39 is 6.04 Å². The van der Waals surface area contributed by atoms with Crippen molar-refractivity contribution < 1.29 is 15.0 Å². The summed E-state index contributed by atoms with van der Waals surface area (Å²) in [5, 5.41) is 33.6. The number of aromatic hydroxyl groups is 2. The Morgan fingerprint density at radius 1 is 1.07 bits per heavy atom. The number of rotatable bonds is 7. The molecule has 2 atom stereocenters. The predicted octanol–water partition coefficient (Wildman–Crippen LogP) is 1.92. The van der Waals surface area contributed by atoms with Crippen LogP contribution in [-0.4, -0.2) is 42.4 Å². The van der Waals surface area contributed by atoms with Crippen LogP contribution in [0.15, 0.2) is 48.5 Å². The number of carbonyl (C=O) groups excluding carboxylic acids is 1. The van der Waals surface area contributed by atoms with E-state index in [1.54, 1.807) is 13.0 Å². The zero-order chi connectivity index (χ0) is 20.1. The quantitative estimate of drug-likeness (QED) is 0.539. The number of aryl methyl sites for hydroxylation is 1. The van der Waals surface area contributed by atoms with E-state index in [1.165, 1.54) is 16.8 Å². The minimum Gasteiger partial charge on any atom is -0.504 e. The van der Waals surface area contributed by atoms with E-state index in [1.807, 2.05) is 37.3 Å². The molecule has 2 aromatic carbocycles. The molecule has 8 heteroatoms. The van der Waals surface area contributed by atoms with Crippen molar-refractivity contribution in [1.29, 1.82) is 0 Å². The van der Waals surface area contributed by atoms with E-state index in [9.17, 15) is 15.0 Å². The monoisotopic (exact) mass is 381 g/mol. The topological polar surface area (TPSA) is 113 Å². The highest BCUT2D eigenvalue weighted by Gasteiger charge is 2.25. The molecule has 0 aliphatic carbocycles. The molecule has 146 valence electrons. The Kier molecular flexibility index (Phi) is 5.88. The molecule has 3 aromatic rings. The Labute approximate surface area is 162 Å². The van der Waals surface area contributed by atoms with Gasteiger partial charge in [0.1, 0.15) is 11.9 Å². The summed E-state index contributed by atoms with van der Waals surface area (Å²) in [7, 11) is 0. The Balaban J connectivity index is 1.73. The summed E-state index contributed by atoms with van der Waals surface area (Å²) in [6.07, 6.45) is 0.970. The number of phenols is 2. The van der Waals surface area contributed by atoms with E-state index in [-0.39, 0.29) is 23.4 Å². The molecule has 8 nitrogen and oxygen atoms in total. The van der Waals surface area contributed by atoms with Crippen LogP contribution < -0.4 is 5.32 Å². The molecule has 1 heterocycles. The van der Waals surface area contributed by atoms with Crippen molar-refractivity contribution in [2.75, 3.05) is 0 Å². The number of nitrogens with zero attached hydrogens (tertiary/aromatic N) is 4. The molecule has 3 N–H and O–H groups in total. The summed E-state index contributed by atoms with van der Waals surface area (Å²) in [6.45, 7) is 3.64. The Morgan fingerprint density at radius 3 is 2.46 bits per heavy atom. The van der Waals surface area contributed by atoms with Crippen LogP contribution in [0.5, 0.6) is 11.5 Å². The highest BCUT2D eigenvalue weighted by molar-refractivity contribution is 5.80. The maximum atomic E-state index is 13.0. The van der Waals surface area contributed by atoms with Crippen molar-refractivity contribution in [1.82, 2.24) is 25.5 Å². The Morgan fingerprint density at radius 2 is 1.82 bits per heavy atom. The van der Waals surface area contributed by atoms with E-state index in [2.05, 4.69) is 20.8 Å². The fraction of sp³-hybridized carbons (Fsp3) is 0.300. The molecule has 28 heavy (non-hydrogen) atoms. The summed E-state index contributed by atoms with van der Waals surface area (Å²) in [4.78, 5) is 13.0. The van der Waals surface area contributed by atoms with Crippen molar-refractivity contribution in [3.63, 3.8) is 0 Å². The number of phenolic OH excluding ortho intramolecular Hbond substituents is 2. The number of hydrogen-bond donors (Lipinski definition) is 3.